The zero-order valence-corrected chi connectivity index (χ0v) is 14.1. The van der Waals surface area contributed by atoms with Crippen molar-refractivity contribution in [3.05, 3.63) is 0 Å². The highest BCUT2D eigenvalue weighted by Crippen LogP contribution is 2.36. The summed E-state index contributed by atoms with van der Waals surface area (Å²) in [6, 6.07) is 1.14. The summed E-state index contributed by atoms with van der Waals surface area (Å²) in [4.78, 5) is 2.55. The van der Waals surface area contributed by atoms with E-state index in [0.29, 0.717) is 16.9 Å². The van der Waals surface area contributed by atoms with E-state index in [1.54, 1.807) is 0 Å². The minimum Gasteiger partial charge on any atom is -0.328 e. The van der Waals surface area contributed by atoms with E-state index in [4.69, 9.17) is 5.73 Å². The Bertz CT molecular complexity index is 255. The maximum absolute atomic E-state index is 6.25. The highest BCUT2D eigenvalue weighted by atomic mass is 15.1. The third-order valence-electron chi connectivity index (χ3n) is 4.66. The maximum atomic E-state index is 6.25. The molecule has 1 aliphatic carbocycles. The molecule has 19 heavy (non-hydrogen) atoms. The van der Waals surface area contributed by atoms with Crippen molar-refractivity contribution in [2.45, 2.75) is 85.2 Å². The average molecular weight is 268 g/mol. The van der Waals surface area contributed by atoms with Gasteiger partial charge in [-0.05, 0) is 62.9 Å². The second-order valence-electron chi connectivity index (χ2n) is 8.69. The van der Waals surface area contributed by atoms with Crippen molar-refractivity contribution >= 4 is 0 Å². The lowest BCUT2D eigenvalue weighted by Crippen LogP contribution is -2.39. The third-order valence-corrected chi connectivity index (χ3v) is 4.66. The molecule has 0 radical (unpaired) electrons. The van der Waals surface area contributed by atoms with E-state index < -0.39 is 0 Å². The first kappa shape index (κ1) is 17.0. The molecule has 0 spiro atoms. The van der Waals surface area contributed by atoms with Crippen LogP contribution in [0.25, 0.3) is 0 Å². The highest BCUT2D eigenvalue weighted by Gasteiger charge is 2.28. The minimum atomic E-state index is 0.350. The highest BCUT2D eigenvalue weighted by molar-refractivity contribution is 4.83. The Labute approximate surface area is 121 Å². The molecule has 114 valence electrons. The first-order valence-corrected chi connectivity index (χ1v) is 8.05. The smallest absolute Gasteiger partial charge is 0.00926 e. The number of hydrogen-bond donors (Lipinski definition) is 1. The van der Waals surface area contributed by atoms with Gasteiger partial charge in [-0.25, -0.2) is 0 Å². The quantitative estimate of drug-likeness (QED) is 0.815. The van der Waals surface area contributed by atoms with Gasteiger partial charge in [0.05, 0.1) is 0 Å². The minimum absolute atomic E-state index is 0.350. The van der Waals surface area contributed by atoms with Crippen molar-refractivity contribution < 1.29 is 0 Å². The molecule has 1 fully saturated rings. The van der Waals surface area contributed by atoms with Crippen molar-refractivity contribution in [3.63, 3.8) is 0 Å². The number of nitrogens with two attached hydrogens (primary N) is 1. The zero-order chi connectivity index (χ0) is 14.7. The standard InChI is InChI=1S/C17H36N2/c1-16(2,3)13-14(18)9-12-19(6)15-7-10-17(4,5)11-8-15/h14-15H,7-13,18H2,1-6H3. The Morgan fingerprint density at radius 3 is 2.21 bits per heavy atom. The van der Waals surface area contributed by atoms with Crippen LogP contribution in [-0.2, 0) is 0 Å². The molecule has 0 heterocycles. The fourth-order valence-electron chi connectivity index (χ4n) is 3.27. The molecule has 2 nitrogen and oxygen atoms in total. The van der Waals surface area contributed by atoms with Crippen LogP contribution in [-0.4, -0.2) is 30.6 Å². The van der Waals surface area contributed by atoms with Gasteiger partial charge in [-0.15, -0.1) is 0 Å². The summed E-state index contributed by atoms with van der Waals surface area (Å²) >= 11 is 0. The Morgan fingerprint density at radius 1 is 1.21 bits per heavy atom. The Morgan fingerprint density at radius 2 is 1.74 bits per heavy atom. The number of hydrogen-bond acceptors (Lipinski definition) is 2. The van der Waals surface area contributed by atoms with Crippen LogP contribution >= 0.6 is 0 Å². The molecule has 0 aliphatic heterocycles. The van der Waals surface area contributed by atoms with Crippen LogP contribution in [0.15, 0.2) is 0 Å². The Balaban J connectivity index is 2.26. The third kappa shape index (κ3) is 6.76. The summed E-state index contributed by atoms with van der Waals surface area (Å²) in [6.45, 7) is 12.8. The summed E-state index contributed by atoms with van der Waals surface area (Å²) < 4.78 is 0. The van der Waals surface area contributed by atoms with Gasteiger partial charge in [-0.3, -0.25) is 0 Å². The fraction of sp³-hybridized carbons (Fsp3) is 1.00. The molecule has 2 N–H and O–H groups in total. The van der Waals surface area contributed by atoms with Crippen LogP contribution in [0.2, 0.25) is 0 Å². The van der Waals surface area contributed by atoms with Crippen LogP contribution in [0.4, 0.5) is 0 Å². The predicted octanol–water partition coefficient (Wildman–Crippen LogP) is 4.04. The number of rotatable bonds is 5. The van der Waals surface area contributed by atoms with Crippen LogP contribution < -0.4 is 5.73 Å². The van der Waals surface area contributed by atoms with Gasteiger partial charge in [-0.2, -0.15) is 0 Å². The van der Waals surface area contributed by atoms with Gasteiger partial charge in [0.2, 0.25) is 0 Å². The molecule has 0 amide bonds. The molecule has 0 bridgehead atoms. The Hall–Kier alpha value is -0.0800. The topological polar surface area (TPSA) is 29.3 Å². The molecule has 1 aliphatic rings. The molecule has 0 aromatic heterocycles. The SMILES string of the molecule is CN(CCC(N)CC(C)(C)C)C1CCC(C)(C)CC1. The largest absolute Gasteiger partial charge is 0.328 e. The summed E-state index contributed by atoms with van der Waals surface area (Å²) in [5.74, 6) is 0. The monoisotopic (exact) mass is 268 g/mol. The van der Waals surface area contributed by atoms with Gasteiger partial charge in [0.1, 0.15) is 0 Å². The molecule has 2 heteroatoms. The van der Waals surface area contributed by atoms with Gasteiger partial charge in [0.15, 0.2) is 0 Å². The van der Waals surface area contributed by atoms with Crippen molar-refractivity contribution in [1.82, 2.24) is 4.90 Å². The van der Waals surface area contributed by atoms with Gasteiger partial charge in [0, 0.05) is 12.1 Å². The molecular weight excluding hydrogens is 232 g/mol. The molecule has 1 unspecified atom stereocenters. The van der Waals surface area contributed by atoms with Crippen molar-refractivity contribution in [3.8, 4) is 0 Å². The van der Waals surface area contributed by atoms with Gasteiger partial charge in [0.25, 0.3) is 0 Å². The molecular formula is C17H36N2. The van der Waals surface area contributed by atoms with Crippen molar-refractivity contribution in [2.75, 3.05) is 13.6 Å². The van der Waals surface area contributed by atoms with E-state index in [9.17, 15) is 0 Å². The molecule has 1 saturated carbocycles. The number of nitrogens with zero attached hydrogens (tertiary/aromatic N) is 1. The van der Waals surface area contributed by atoms with E-state index in [0.717, 1.165) is 25.4 Å². The van der Waals surface area contributed by atoms with Crippen LogP contribution in [0.1, 0.15) is 73.1 Å². The molecule has 1 atom stereocenters. The van der Waals surface area contributed by atoms with Gasteiger partial charge < -0.3 is 10.6 Å². The lowest BCUT2D eigenvalue weighted by atomic mass is 9.75. The summed E-state index contributed by atoms with van der Waals surface area (Å²) in [5, 5.41) is 0. The molecule has 1 rings (SSSR count). The second-order valence-corrected chi connectivity index (χ2v) is 8.69. The normalized spacial score (nSPS) is 22.7. The lowest BCUT2D eigenvalue weighted by Gasteiger charge is -2.39. The summed E-state index contributed by atoms with van der Waals surface area (Å²) in [5.41, 5.74) is 7.18. The first-order chi connectivity index (χ1) is 8.59. The van der Waals surface area contributed by atoms with Crippen LogP contribution in [0.5, 0.6) is 0 Å². The molecule has 0 saturated heterocycles. The van der Waals surface area contributed by atoms with E-state index in [2.05, 4.69) is 46.6 Å². The van der Waals surface area contributed by atoms with Gasteiger partial charge in [-0.1, -0.05) is 34.6 Å². The van der Waals surface area contributed by atoms with Crippen LogP contribution in [0, 0.1) is 10.8 Å². The van der Waals surface area contributed by atoms with Crippen molar-refractivity contribution in [2.24, 2.45) is 16.6 Å². The summed E-state index contributed by atoms with van der Waals surface area (Å²) in [6.07, 6.45) is 7.72. The van der Waals surface area contributed by atoms with E-state index in [-0.39, 0.29) is 0 Å². The van der Waals surface area contributed by atoms with Crippen LogP contribution in [0.3, 0.4) is 0 Å². The molecule has 0 aromatic rings. The lowest BCUT2D eigenvalue weighted by molar-refractivity contribution is 0.123. The van der Waals surface area contributed by atoms with E-state index >= 15 is 0 Å². The van der Waals surface area contributed by atoms with Gasteiger partial charge >= 0.3 is 0 Å². The zero-order valence-electron chi connectivity index (χ0n) is 14.1. The molecule has 0 aromatic carbocycles. The predicted molar refractivity (Wildman–Crippen MR) is 85.3 cm³/mol. The summed E-state index contributed by atoms with van der Waals surface area (Å²) in [7, 11) is 2.28. The second kappa shape index (κ2) is 6.58. The fourth-order valence-corrected chi connectivity index (χ4v) is 3.27. The van der Waals surface area contributed by atoms with E-state index in [1.807, 2.05) is 0 Å². The average Bonchev–Trinajstić information content (AvgIpc) is 2.23. The maximum Gasteiger partial charge on any atom is 0.00926 e. The Kier molecular flexibility index (Phi) is 5.88. The van der Waals surface area contributed by atoms with E-state index in [1.165, 1.54) is 25.7 Å². The first-order valence-electron chi connectivity index (χ1n) is 8.05. The van der Waals surface area contributed by atoms with Crippen molar-refractivity contribution in [1.29, 1.82) is 0 Å².